The second-order valence-electron chi connectivity index (χ2n) is 5.56. The molecule has 0 aliphatic carbocycles. The number of benzene rings is 1. The van der Waals surface area contributed by atoms with Crippen molar-refractivity contribution in [3.63, 3.8) is 0 Å². The predicted molar refractivity (Wildman–Crippen MR) is 89.0 cm³/mol. The molecule has 1 aromatic carbocycles. The summed E-state index contributed by atoms with van der Waals surface area (Å²) in [4.78, 5) is 12.6. The number of hydrazine groups is 1. The third-order valence-corrected chi connectivity index (χ3v) is 4.18. The molecule has 3 heteroatoms. The van der Waals surface area contributed by atoms with E-state index < -0.39 is 0 Å². The highest BCUT2D eigenvalue weighted by Gasteiger charge is 2.37. The summed E-state index contributed by atoms with van der Waals surface area (Å²) in [5, 5.41) is 3.58. The van der Waals surface area contributed by atoms with Gasteiger partial charge in [0, 0.05) is 19.2 Å². The van der Waals surface area contributed by atoms with Crippen LogP contribution in [-0.2, 0) is 11.2 Å². The van der Waals surface area contributed by atoms with Crippen molar-refractivity contribution in [1.29, 1.82) is 0 Å². The Hall–Kier alpha value is -2.23. The van der Waals surface area contributed by atoms with Gasteiger partial charge in [0.25, 0.3) is 0 Å². The highest BCUT2D eigenvalue weighted by atomic mass is 16.2. The van der Waals surface area contributed by atoms with Crippen LogP contribution in [0.15, 0.2) is 12.1 Å². The summed E-state index contributed by atoms with van der Waals surface area (Å²) >= 11 is 0. The topological polar surface area (TPSA) is 23.6 Å². The minimum atomic E-state index is -0.142. The van der Waals surface area contributed by atoms with Crippen molar-refractivity contribution in [1.82, 2.24) is 10.0 Å². The van der Waals surface area contributed by atoms with Crippen LogP contribution in [0.1, 0.15) is 42.0 Å². The van der Waals surface area contributed by atoms with Gasteiger partial charge in [-0.05, 0) is 49.1 Å². The molecule has 1 saturated heterocycles. The molecule has 0 aromatic heterocycles. The summed E-state index contributed by atoms with van der Waals surface area (Å²) in [7, 11) is 1.79. The van der Waals surface area contributed by atoms with Gasteiger partial charge in [-0.2, -0.15) is 0 Å². The van der Waals surface area contributed by atoms with Gasteiger partial charge < -0.3 is 0 Å². The smallest absolute Gasteiger partial charge is 0.245 e. The maximum absolute atomic E-state index is 12.6. The molecule has 0 spiro atoms. The fourth-order valence-electron chi connectivity index (χ4n) is 3.15. The van der Waals surface area contributed by atoms with Crippen molar-refractivity contribution >= 4 is 5.91 Å². The Morgan fingerprint density at radius 2 is 2.14 bits per heavy atom. The Bertz CT molecular complexity index is 688. The first-order valence-electron chi connectivity index (χ1n) is 7.55. The van der Waals surface area contributed by atoms with E-state index in [2.05, 4.69) is 43.7 Å². The molecule has 1 atom stereocenters. The lowest BCUT2D eigenvalue weighted by Gasteiger charge is -2.20. The maximum atomic E-state index is 12.6. The minimum absolute atomic E-state index is 0.113. The third-order valence-electron chi connectivity index (χ3n) is 4.18. The lowest BCUT2D eigenvalue weighted by atomic mass is 9.87. The zero-order valence-corrected chi connectivity index (χ0v) is 13.7. The lowest BCUT2D eigenvalue weighted by Crippen LogP contribution is -2.35. The van der Waals surface area contributed by atoms with E-state index in [9.17, 15) is 4.79 Å². The van der Waals surface area contributed by atoms with Crippen LogP contribution in [0.2, 0.25) is 0 Å². The molecule has 1 amide bonds. The summed E-state index contributed by atoms with van der Waals surface area (Å²) in [5.74, 6) is 8.63. The number of carbonyl (C=O) groups excluding carboxylic acids is 1. The molecular weight excluding hydrogens is 272 g/mol. The molecule has 2 rings (SSSR count). The van der Waals surface area contributed by atoms with E-state index in [1.165, 1.54) is 5.56 Å². The molecule has 0 bridgehead atoms. The molecule has 0 saturated carbocycles. The summed E-state index contributed by atoms with van der Waals surface area (Å²) in [5.41, 5.74) is 4.49. The Morgan fingerprint density at radius 3 is 2.73 bits per heavy atom. The van der Waals surface area contributed by atoms with E-state index in [0.29, 0.717) is 13.1 Å². The Kier molecular flexibility index (Phi) is 4.91. The van der Waals surface area contributed by atoms with E-state index in [1.807, 2.05) is 11.9 Å². The number of amides is 1. The highest BCUT2D eigenvalue weighted by Crippen LogP contribution is 2.32. The average molecular weight is 294 g/mol. The van der Waals surface area contributed by atoms with E-state index in [4.69, 9.17) is 6.42 Å². The molecule has 0 N–H and O–H groups in total. The zero-order chi connectivity index (χ0) is 16.3. The number of aryl methyl sites for hydroxylation is 2. The van der Waals surface area contributed by atoms with Gasteiger partial charge in [0.1, 0.15) is 0 Å². The average Bonchev–Trinajstić information content (AvgIpc) is 2.76. The van der Waals surface area contributed by atoms with Gasteiger partial charge in [-0.25, -0.2) is 5.01 Å². The molecule has 1 aliphatic heterocycles. The van der Waals surface area contributed by atoms with Crippen LogP contribution in [0.4, 0.5) is 0 Å². The quantitative estimate of drug-likeness (QED) is 0.799. The summed E-state index contributed by atoms with van der Waals surface area (Å²) in [6, 6.07) is 4.18. The van der Waals surface area contributed by atoms with Crippen molar-refractivity contribution in [2.75, 3.05) is 20.1 Å². The Balaban J connectivity index is 2.46. The van der Waals surface area contributed by atoms with Crippen LogP contribution in [0.3, 0.4) is 0 Å². The monoisotopic (exact) mass is 294 g/mol. The van der Waals surface area contributed by atoms with Crippen LogP contribution >= 0.6 is 0 Å². The second kappa shape index (κ2) is 6.69. The molecule has 0 radical (unpaired) electrons. The van der Waals surface area contributed by atoms with Crippen molar-refractivity contribution < 1.29 is 4.79 Å². The number of carbonyl (C=O) groups is 1. The molecular formula is C19H22N2O. The summed E-state index contributed by atoms with van der Waals surface area (Å²) < 4.78 is 0. The third kappa shape index (κ3) is 2.86. The second-order valence-corrected chi connectivity index (χ2v) is 5.56. The number of hydrogen-bond donors (Lipinski definition) is 0. The van der Waals surface area contributed by atoms with Crippen LogP contribution in [0.25, 0.3) is 0 Å². The highest BCUT2D eigenvalue weighted by molar-refractivity contribution is 5.86. The first-order chi connectivity index (χ1) is 10.5. The van der Waals surface area contributed by atoms with Crippen LogP contribution in [0, 0.1) is 31.1 Å². The van der Waals surface area contributed by atoms with Gasteiger partial charge in [0.05, 0.1) is 12.5 Å². The van der Waals surface area contributed by atoms with Crippen LogP contribution < -0.4 is 0 Å². The SMILES string of the molecule is C#CCN1CC(c2c(C)cc(C#CC)cc2CC)C(=O)N1C. The van der Waals surface area contributed by atoms with Crippen LogP contribution in [-0.4, -0.2) is 36.1 Å². The van der Waals surface area contributed by atoms with Crippen molar-refractivity contribution in [2.45, 2.75) is 33.1 Å². The fraction of sp³-hybridized carbons (Fsp3) is 0.421. The molecule has 1 unspecified atom stereocenters. The number of rotatable bonds is 3. The van der Waals surface area contributed by atoms with Gasteiger partial charge >= 0.3 is 0 Å². The standard InChI is InChI=1S/C19H22N2O/c1-6-9-15-11-14(4)18(16(8-3)12-15)17-13-21(10-7-2)20(5)19(17)22/h2,11-12,17H,8,10,13H2,1,3-5H3. The van der Waals surface area contributed by atoms with Gasteiger partial charge in [0.2, 0.25) is 5.91 Å². The minimum Gasteiger partial charge on any atom is -0.277 e. The van der Waals surface area contributed by atoms with Crippen molar-refractivity contribution in [2.24, 2.45) is 0 Å². The Labute approximate surface area is 133 Å². The number of likely N-dealkylation sites (N-methyl/N-ethyl adjacent to an activating group) is 1. The molecule has 22 heavy (non-hydrogen) atoms. The van der Waals surface area contributed by atoms with Gasteiger partial charge in [0.15, 0.2) is 0 Å². The van der Waals surface area contributed by atoms with E-state index in [1.54, 1.807) is 12.1 Å². The normalized spacial score (nSPS) is 18.0. The summed E-state index contributed by atoms with van der Waals surface area (Å²) in [6.07, 6.45) is 6.28. The molecule has 1 fully saturated rings. The summed E-state index contributed by atoms with van der Waals surface area (Å²) in [6.45, 7) is 7.11. The number of hydrogen-bond acceptors (Lipinski definition) is 2. The zero-order valence-electron chi connectivity index (χ0n) is 13.7. The van der Waals surface area contributed by atoms with Crippen LogP contribution in [0.5, 0.6) is 0 Å². The maximum Gasteiger partial charge on any atom is 0.245 e. The van der Waals surface area contributed by atoms with Gasteiger partial charge in [-0.3, -0.25) is 9.80 Å². The fourth-order valence-corrected chi connectivity index (χ4v) is 3.15. The van der Waals surface area contributed by atoms with E-state index in [-0.39, 0.29) is 11.8 Å². The van der Waals surface area contributed by atoms with E-state index >= 15 is 0 Å². The number of nitrogens with zero attached hydrogens (tertiary/aromatic N) is 2. The molecule has 1 aliphatic rings. The predicted octanol–water partition coefficient (Wildman–Crippen LogP) is 2.33. The first-order valence-corrected chi connectivity index (χ1v) is 7.55. The first kappa shape index (κ1) is 16.1. The molecule has 114 valence electrons. The largest absolute Gasteiger partial charge is 0.277 e. The Morgan fingerprint density at radius 1 is 1.41 bits per heavy atom. The van der Waals surface area contributed by atoms with Gasteiger partial charge in [-0.15, -0.1) is 12.3 Å². The molecule has 3 nitrogen and oxygen atoms in total. The van der Waals surface area contributed by atoms with Crippen molar-refractivity contribution in [3.8, 4) is 24.2 Å². The molecule has 1 aromatic rings. The van der Waals surface area contributed by atoms with Gasteiger partial charge in [-0.1, -0.05) is 18.8 Å². The number of terminal acetylenes is 1. The van der Waals surface area contributed by atoms with Crippen molar-refractivity contribution in [3.05, 3.63) is 34.4 Å². The van der Waals surface area contributed by atoms with E-state index in [0.717, 1.165) is 23.1 Å². The lowest BCUT2D eigenvalue weighted by molar-refractivity contribution is -0.135. The molecule has 1 heterocycles.